The van der Waals surface area contributed by atoms with E-state index in [1.165, 1.54) is 31.3 Å². The van der Waals surface area contributed by atoms with Crippen LogP contribution in [-0.2, 0) is 6.42 Å². The molecule has 0 saturated carbocycles. The van der Waals surface area contributed by atoms with Crippen LogP contribution in [0, 0.1) is 5.82 Å². The molecule has 1 aliphatic heterocycles. The maximum atomic E-state index is 13.6. The maximum Gasteiger partial charge on any atom is 0.253 e. The Bertz CT molecular complexity index is 899. The summed E-state index contributed by atoms with van der Waals surface area (Å²) in [5, 5.41) is 5.92. The number of thiazole rings is 1. The van der Waals surface area contributed by atoms with E-state index in [-0.39, 0.29) is 11.5 Å². The van der Waals surface area contributed by atoms with Crippen LogP contribution < -0.4 is 10.2 Å². The molecule has 25 heavy (non-hydrogen) atoms. The first-order chi connectivity index (χ1) is 12.2. The molecule has 8 heteroatoms. The highest BCUT2D eigenvalue weighted by atomic mass is 32.1. The standard InChI is InChI=1S/C17H18FN5OS/c18-11-7-13(15-14(8-11)20-10-21-15)16(24)19-4-3-12-9-25-17(22-12)23-5-1-2-6-23/h7-10H,1-6H2,(H,19,24)(H,20,21). The number of imidazole rings is 1. The number of anilines is 1. The topological polar surface area (TPSA) is 73.9 Å². The van der Waals surface area contributed by atoms with E-state index in [4.69, 9.17) is 0 Å². The monoisotopic (exact) mass is 359 g/mol. The van der Waals surface area contributed by atoms with E-state index >= 15 is 0 Å². The van der Waals surface area contributed by atoms with Crippen molar-refractivity contribution in [3.8, 4) is 0 Å². The van der Waals surface area contributed by atoms with Crippen molar-refractivity contribution >= 4 is 33.4 Å². The lowest BCUT2D eigenvalue weighted by Gasteiger charge is -2.12. The van der Waals surface area contributed by atoms with Gasteiger partial charge >= 0.3 is 0 Å². The van der Waals surface area contributed by atoms with Crippen LogP contribution in [0.4, 0.5) is 9.52 Å². The average Bonchev–Trinajstić information content (AvgIpc) is 3.34. The molecule has 0 unspecified atom stereocenters. The average molecular weight is 359 g/mol. The quantitative estimate of drug-likeness (QED) is 0.735. The van der Waals surface area contributed by atoms with E-state index in [9.17, 15) is 9.18 Å². The number of aromatic nitrogens is 3. The summed E-state index contributed by atoms with van der Waals surface area (Å²) < 4.78 is 13.6. The number of nitrogens with one attached hydrogen (secondary N) is 2. The number of hydrogen-bond acceptors (Lipinski definition) is 5. The van der Waals surface area contributed by atoms with Gasteiger partial charge in [-0.2, -0.15) is 0 Å². The number of carbonyl (C=O) groups excluding carboxylic acids is 1. The minimum Gasteiger partial charge on any atom is -0.352 e. The van der Waals surface area contributed by atoms with E-state index in [2.05, 4.69) is 25.2 Å². The van der Waals surface area contributed by atoms with Crippen LogP contribution in [-0.4, -0.2) is 40.5 Å². The normalized spacial score (nSPS) is 14.4. The smallest absolute Gasteiger partial charge is 0.253 e. The molecule has 130 valence electrons. The van der Waals surface area contributed by atoms with Crippen molar-refractivity contribution in [1.29, 1.82) is 0 Å². The number of amides is 1. The number of hydrogen-bond donors (Lipinski definition) is 2. The summed E-state index contributed by atoms with van der Waals surface area (Å²) in [4.78, 5) is 26.2. The molecule has 1 amide bonds. The van der Waals surface area contributed by atoms with Crippen molar-refractivity contribution in [3.63, 3.8) is 0 Å². The second-order valence-corrected chi connectivity index (χ2v) is 6.91. The summed E-state index contributed by atoms with van der Waals surface area (Å²) in [7, 11) is 0. The summed E-state index contributed by atoms with van der Waals surface area (Å²) in [6, 6.07) is 2.54. The molecule has 6 nitrogen and oxygen atoms in total. The maximum absolute atomic E-state index is 13.6. The summed E-state index contributed by atoms with van der Waals surface area (Å²) in [6.07, 6.45) is 4.55. The van der Waals surface area contributed by atoms with Gasteiger partial charge in [0.2, 0.25) is 0 Å². The van der Waals surface area contributed by atoms with Crippen LogP contribution in [0.3, 0.4) is 0 Å². The van der Waals surface area contributed by atoms with Gasteiger partial charge in [0.15, 0.2) is 5.13 Å². The van der Waals surface area contributed by atoms with Gasteiger partial charge < -0.3 is 15.2 Å². The molecule has 0 spiro atoms. The van der Waals surface area contributed by atoms with Crippen LogP contribution >= 0.6 is 11.3 Å². The largest absolute Gasteiger partial charge is 0.352 e. The first-order valence-corrected chi connectivity index (χ1v) is 9.19. The SMILES string of the molecule is O=C(NCCc1csc(N2CCCC2)n1)c1cc(F)cc2[nH]cnc12. The first-order valence-electron chi connectivity index (χ1n) is 8.31. The molecule has 1 aliphatic rings. The fourth-order valence-electron chi connectivity index (χ4n) is 3.05. The zero-order valence-corrected chi connectivity index (χ0v) is 14.4. The van der Waals surface area contributed by atoms with Crippen LogP contribution in [0.25, 0.3) is 11.0 Å². The first kappa shape index (κ1) is 16.0. The van der Waals surface area contributed by atoms with Crippen LogP contribution in [0.15, 0.2) is 23.8 Å². The van der Waals surface area contributed by atoms with Crippen molar-refractivity contribution < 1.29 is 9.18 Å². The van der Waals surface area contributed by atoms with E-state index < -0.39 is 5.82 Å². The molecule has 2 N–H and O–H groups in total. The number of rotatable bonds is 5. The van der Waals surface area contributed by atoms with Crippen LogP contribution in [0.5, 0.6) is 0 Å². The van der Waals surface area contributed by atoms with Crippen LogP contribution in [0.2, 0.25) is 0 Å². The second-order valence-electron chi connectivity index (χ2n) is 6.07. The Balaban J connectivity index is 1.38. The molecule has 0 bridgehead atoms. The third kappa shape index (κ3) is 3.34. The fraction of sp³-hybridized carbons (Fsp3) is 0.353. The molecule has 2 aromatic heterocycles. The van der Waals surface area contributed by atoms with Gasteiger partial charge in [0, 0.05) is 31.4 Å². The lowest BCUT2D eigenvalue weighted by molar-refractivity contribution is 0.0955. The van der Waals surface area contributed by atoms with Gasteiger partial charge in [-0.3, -0.25) is 4.79 Å². The van der Waals surface area contributed by atoms with Gasteiger partial charge in [0.25, 0.3) is 5.91 Å². The molecular formula is C17H18FN5OS. The van der Waals surface area contributed by atoms with Crippen molar-refractivity contribution in [1.82, 2.24) is 20.3 Å². The van der Waals surface area contributed by atoms with Crippen molar-refractivity contribution in [2.75, 3.05) is 24.5 Å². The fourth-order valence-corrected chi connectivity index (χ4v) is 3.97. The predicted octanol–water partition coefficient (Wildman–Crippen LogP) is 2.73. The Kier molecular flexibility index (Phi) is 4.35. The third-order valence-corrected chi connectivity index (χ3v) is 5.27. The van der Waals surface area contributed by atoms with E-state index in [1.807, 2.05) is 5.38 Å². The Labute approximate surface area is 148 Å². The number of nitrogens with zero attached hydrogens (tertiary/aromatic N) is 3. The van der Waals surface area contributed by atoms with E-state index in [1.54, 1.807) is 11.3 Å². The Morgan fingerprint density at radius 3 is 3.04 bits per heavy atom. The summed E-state index contributed by atoms with van der Waals surface area (Å²) in [6.45, 7) is 2.59. The molecule has 3 heterocycles. The molecule has 0 aliphatic carbocycles. The van der Waals surface area contributed by atoms with Gasteiger partial charge in [0.1, 0.15) is 11.3 Å². The number of benzene rings is 1. The highest BCUT2D eigenvalue weighted by Crippen LogP contribution is 2.24. The minimum atomic E-state index is -0.461. The molecule has 0 atom stereocenters. The minimum absolute atomic E-state index is 0.243. The zero-order chi connectivity index (χ0) is 17.2. The summed E-state index contributed by atoms with van der Waals surface area (Å²) in [5.41, 5.74) is 2.20. The van der Waals surface area contributed by atoms with E-state index in [0.717, 1.165) is 23.9 Å². The van der Waals surface area contributed by atoms with Crippen molar-refractivity contribution in [2.45, 2.75) is 19.3 Å². The highest BCUT2D eigenvalue weighted by molar-refractivity contribution is 7.13. The Morgan fingerprint density at radius 1 is 1.36 bits per heavy atom. The van der Waals surface area contributed by atoms with Crippen molar-refractivity contribution in [3.05, 3.63) is 40.9 Å². The number of aromatic amines is 1. The highest BCUT2D eigenvalue weighted by Gasteiger charge is 2.16. The molecule has 4 rings (SSSR count). The van der Waals surface area contributed by atoms with Gasteiger partial charge in [0.05, 0.1) is 23.1 Å². The molecule has 1 aromatic carbocycles. The number of halogens is 1. The number of H-pyrrole nitrogens is 1. The zero-order valence-electron chi connectivity index (χ0n) is 13.6. The molecular weight excluding hydrogens is 341 g/mol. The summed E-state index contributed by atoms with van der Waals surface area (Å²) >= 11 is 1.65. The second kappa shape index (κ2) is 6.79. The van der Waals surface area contributed by atoms with Gasteiger partial charge in [-0.25, -0.2) is 14.4 Å². The Morgan fingerprint density at radius 2 is 2.20 bits per heavy atom. The molecule has 3 aromatic rings. The van der Waals surface area contributed by atoms with E-state index in [0.29, 0.717) is 24.0 Å². The molecule has 0 radical (unpaired) electrons. The van der Waals surface area contributed by atoms with Gasteiger partial charge in [-0.15, -0.1) is 11.3 Å². The lowest BCUT2D eigenvalue weighted by atomic mass is 10.1. The molecule has 1 fully saturated rings. The molecule has 1 saturated heterocycles. The van der Waals surface area contributed by atoms with Gasteiger partial charge in [-0.05, 0) is 25.0 Å². The predicted molar refractivity (Wildman–Crippen MR) is 95.6 cm³/mol. The number of carbonyl (C=O) groups is 1. The number of fused-ring (bicyclic) bond motifs is 1. The van der Waals surface area contributed by atoms with Gasteiger partial charge in [-0.1, -0.05) is 0 Å². The van der Waals surface area contributed by atoms with Crippen molar-refractivity contribution in [2.24, 2.45) is 0 Å². The Hall–Kier alpha value is -2.48. The lowest BCUT2D eigenvalue weighted by Crippen LogP contribution is -2.26. The third-order valence-electron chi connectivity index (χ3n) is 4.32. The van der Waals surface area contributed by atoms with Crippen LogP contribution in [0.1, 0.15) is 28.9 Å². The summed E-state index contributed by atoms with van der Waals surface area (Å²) in [5.74, 6) is -0.789.